The molecule has 0 radical (unpaired) electrons. The third kappa shape index (κ3) is 4.44. The fraction of sp³-hybridized carbons (Fsp3) is 0.448. The first kappa shape index (κ1) is 23.9. The molecule has 1 amide bonds. The Bertz CT molecular complexity index is 1310. The van der Waals surface area contributed by atoms with E-state index in [1.807, 2.05) is 23.1 Å². The predicted octanol–water partition coefficient (Wildman–Crippen LogP) is 3.66. The number of rotatable bonds is 4. The van der Waals surface area contributed by atoms with Gasteiger partial charge in [0.05, 0.1) is 14.2 Å². The van der Waals surface area contributed by atoms with E-state index in [1.54, 1.807) is 20.3 Å². The van der Waals surface area contributed by atoms with Gasteiger partial charge in [-0.2, -0.15) is 0 Å². The number of pyridine rings is 1. The summed E-state index contributed by atoms with van der Waals surface area (Å²) in [6.07, 6.45) is 3.61. The zero-order chi connectivity index (χ0) is 25.4. The van der Waals surface area contributed by atoms with E-state index in [9.17, 15) is 4.79 Å². The summed E-state index contributed by atoms with van der Waals surface area (Å²) >= 11 is 0. The van der Waals surface area contributed by atoms with Gasteiger partial charge in [0.2, 0.25) is 0 Å². The van der Waals surface area contributed by atoms with Crippen LogP contribution in [0.25, 0.3) is 10.9 Å². The van der Waals surface area contributed by atoms with Gasteiger partial charge >= 0.3 is 0 Å². The molecule has 8 nitrogen and oxygen atoms in total. The van der Waals surface area contributed by atoms with E-state index in [0.29, 0.717) is 35.8 Å². The van der Waals surface area contributed by atoms with Crippen LogP contribution < -0.4 is 24.4 Å². The molecule has 2 aromatic carbocycles. The van der Waals surface area contributed by atoms with Crippen molar-refractivity contribution in [3.8, 4) is 17.2 Å². The Labute approximate surface area is 217 Å². The highest BCUT2D eigenvalue weighted by atomic mass is 16.5. The van der Waals surface area contributed by atoms with Crippen molar-refractivity contribution < 1.29 is 19.0 Å². The number of para-hydroxylation sites is 1. The second-order valence-electron chi connectivity index (χ2n) is 10.2. The van der Waals surface area contributed by atoms with Crippen molar-refractivity contribution in [2.45, 2.75) is 31.3 Å². The molecule has 2 saturated heterocycles. The fourth-order valence-corrected chi connectivity index (χ4v) is 5.89. The number of carbonyl (C=O) groups is 1. The van der Waals surface area contributed by atoms with Crippen LogP contribution in [-0.4, -0.2) is 74.9 Å². The lowest BCUT2D eigenvalue weighted by Gasteiger charge is -2.44. The van der Waals surface area contributed by atoms with Crippen LogP contribution in [-0.2, 0) is 6.42 Å². The molecule has 1 N–H and O–H groups in total. The van der Waals surface area contributed by atoms with Crippen LogP contribution in [0.4, 0.5) is 5.69 Å². The van der Waals surface area contributed by atoms with Crippen LogP contribution in [0, 0.1) is 0 Å². The van der Waals surface area contributed by atoms with Gasteiger partial charge in [-0.05, 0) is 48.7 Å². The van der Waals surface area contributed by atoms with Gasteiger partial charge in [-0.1, -0.05) is 6.07 Å². The fourth-order valence-electron chi connectivity index (χ4n) is 5.89. The van der Waals surface area contributed by atoms with E-state index in [0.717, 1.165) is 63.0 Å². The smallest absolute Gasteiger partial charge is 0.272 e. The van der Waals surface area contributed by atoms with Crippen LogP contribution in [0.1, 0.15) is 35.3 Å². The van der Waals surface area contributed by atoms with Crippen molar-refractivity contribution in [2.24, 2.45) is 0 Å². The van der Waals surface area contributed by atoms with Gasteiger partial charge in [0, 0.05) is 69.3 Å². The summed E-state index contributed by atoms with van der Waals surface area (Å²) in [6.45, 7) is 5.42. The van der Waals surface area contributed by atoms with Crippen LogP contribution >= 0.6 is 0 Å². The first-order valence-electron chi connectivity index (χ1n) is 13.2. The number of carbonyl (C=O) groups excluding carboxylic acids is 1. The molecule has 2 fully saturated rings. The predicted molar refractivity (Wildman–Crippen MR) is 143 cm³/mol. The molecule has 1 aromatic heterocycles. The molecule has 0 unspecified atom stereocenters. The van der Waals surface area contributed by atoms with Gasteiger partial charge in [-0.3, -0.25) is 4.79 Å². The molecule has 6 rings (SSSR count). The minimum absolute atomic E-state index is 0.0853. The molecule has 194 valence electrons. The minimum atomic E-state index is -0.210. The lowest BCUT2D eigenvalue weighted by Crippen LogP contribution is -2.51. The Hall–Kier alpha value is -3.52. The molecule has 37 heavy (non-hydrogen) atoms. The molecule has 3 aromatic rings. The summed E-state index contributed by atoms with van der Waals surface area (Å²) in [5.74, 6) is 2.15. The van der Waals surface area contributed by atoms with E-state index in [2.05, 4.69) is 33.4 Å². The standard InChI is InChI=1S/C29H34N4O4/c1-35-25-5-3-4-22-26(36-2)19-23(31-27(22)25)28(34)33-14-10-29(11-15-33)9-8-20-18-21(6-7-24(20)37-29)32-16-12-30-13-17-32/h3-7,18-19,30H,8-17H2,1-2H3. The van der Waals surface area contributed by atoms with Crippen molar-refractivity contribution >= 4 is 22.5 Å². The monoisotopic (exact) mass is 502 g/mol. The van der Waals surface area contributed by atoms with Gasteiger partial charge in [-0.15, -0.1) is 0 Å². The van der Waals surface area contributed by atoms with Crippen LogP contribution in [0.3, 0.4) is 0 Å². The molecule has 0 aliphatic carbocycles. The second-order valence-corrected chi connectivity index (χ2v) is 10.2. The zero-order valence-corrected chi connectivity index (χ0v) is 21.6. The van der Waals surface area contributed by atoms with Gasteiger partial charge in [-0.25, -0.2) is 4.98 Å². The molecule has 3 aliphatic rings. The maximum atomic E-state index is 13.5. The second kappa shape index (κ2) is 9.74. The molecule has 0 bridgehead atoms. The van der Waals surface area contributed by atoms with E-state index in [4.69, 9.17) is 14.2 Å². The molecular formula is C29H34N4O4. The van der Waals surface area contributed by atoms with Crippen molar-refractivity contribution in [2.75, 3.05) is 58.4 Å². The SMILES string of the molecule is COc1cc(C(=O)N2CCC3(CCc4cc(N5CCNCC5)ccc4O3)CC2)nc2c(OC)cccc12. The number of benzene rings is 2. The number of piperazine rings is 1. The van der Waals surface area contributed by atoms with E-state index in [1.165, 1.54) is 11.3 Å². The number of hydrogen-bond acceptors (Lipinski definition) is 7. The largest absolute Gasteiger partial charge is 0.496 e. The first-order valence-corrected chi connectivity index (χ1v) is 13.2. The molecule has 1 spiro atoms. The summed E-state index contributed by atoms with van der Waals surface area (Å²) in [7, 11) is 3.22. The van der Waals surface area contributed by atoms with E-state index >= 15 is 0 Å². The normalized spacial score (nSPS) is 18.9. The Balaban J connectivity index is 1.16. The Morgan fingerprint density at radius 2 is 1.76 bits per heavy atom. The number of piperidine rings is 1. The number of likely N-dealkylation sites (tertiary alicyclic amines) is 1. The number of aromatic nitrogens is 1. The van der Waals surface area contributed by atoms with Crippen molar-refractivity contribution in [3.05, 3.63) is 53.7 Å². The van der Waals surface area contributed by atoms with Crippen molar-refractivity contribution in [3.63, 3.8) is 0 Å². The van der Waals surface area contributed by atoms with Crippen molar-refractivity contribution in [1.29, 1.82) is 0 Å². The van der Waals surface area contributed by atoms with E-state index < -0.39 is 0 Å². The van der Waals surface area contributed by atoms with Gasteiger partial charge < -0.3 is 29.3 Å². The van der Waals surface area contributed by atoms with Gasteiger partial charge in [0.1, 0.15) is 34.1 Å². The maximum Gasteiger partial charge on any atom is 0.272 e. The van der Waals surface area contributed by atoms with Gasteiger partial charge in [0.25, 0.3) is 5.91 Å². The Morgan fingerprint density at radius 3 is 2.51 bits per heavy atom. The molecule has 3 aliphatic heterocycles. The molecule has 4 heterocycles. The molecule has 8 heteroatoms. The molecule has 0 atom stereocenters. The maximum absolute atomic E-state index is 13.5. The highest BCUT2D eigenvalue weighted by Gasteiger charge is 2.41. The Morgan fingerprint density at radius 1 is 0.973 bits per heavy atom. The highest BCUT2D eigenvalue weighted by Crippen LogP contribution is 2.41. The number of nitrogens with one attached hydrogen (secondary N) is 1. The first-order chi connectivity index (χ1) is 18.1. The summed E-state index contributed by atoms with van der Waals surface area (Å²) in [6, 6.07) is 14.0. The summed E-state index contributed by atoms with van der Waals surface area (Å²) in [5, 5.41) is 4.24. The number of fused-ring (bicyclic) bond motifs is 2. The van der Waals surface area contributed by atoms with Crippen LogP contribution in [0.5, 0.6) is 17.2 Å². The highest BCUT2D eigenvalue weighted by molar-refractivity contribution is 5.98. The summed E-state index contributed by atoms with van der Waals surface area (Å²) in [4.78, 5) is 22.5. The lowest BCUT2D eigenvalue weighted by molar-refractivity contribution is -0.0108. The van der Waals surface area contributed by atoms with Crippen molar-refractivity contribution in [1.82, 2.24) is 15.2 Å². The number of nitrogens with zero attached hydrogens (tertiary/aromatic N) is 3. The average molecular weight is 503 g/mol. The Kier molecular flexibility index (Phi) is 6.28. The van der Waals surface area contributed by atoms with Crippen LogP contribution in [0.15, 0.2) is 42.5 Å². The number of hydrogen-bond donors (Lipinski definition) is 1. The lowest BCUT2D eigenvalue weighted by atomic mass is 9.83. The van der Waals surface area contributed by atoms with Crippen LogP contribution in [0.2, 0.25) is 0 Å². The third-order valence-corrected chi connectivity index (χ3v) is 8.09. The number of anilines is 1. The summed E-state index contributed by atoms with van der Waals surface area (Å²) < 4.78 is 17.7. The molecule has 0 saturated carbocycles. The third-order valence-electron chi connectivity index (χ3n) is 8.09. The van der Waals surface area contributed by atoms with Gasteiger partial charge in [0.15, 0.2) is 0 Å². The zero-order valence-electron chi connectivity index (χ0n) is 21.6. The number of amides is 1. The number of methoxy groups -OCH3 is 2. The topological polar surface area (TPSA) is 76.2 Å². The van der Waals surface area contributed by atoms with E-state index in [-0.39, 0.29) is 11.5 Å². The minimum Gasteiger partial charge on any atom is -0.496 e. The molecular weight excluding hydrogens is 468 g/mol. The number of aryl methyl sites for hydroxylation is 1. The average Bonchev–Trinajstić information content (AvgIpc) is 2.96. The summed E-state index contributed by atoms with van der Waals surface area (Å²) in [5.41, 5.74) is 3.38. The number of ether oxygens (including phenoxy) is 3. The quantitative estimate of drug-likeness (QED) is 0.584.